The minimum absolute atomic E-state index is 0.299. The van der Waals surface area contributed by atoms with E-state index in [1.54, 1.807) is 0 Å². The standard InChI is InChI=1S/C25H18BNO/c1-26-20-10-4-7-13-24(20)28-25-15-14-17(16-21(25)26)27-22-11-5-2-8-18(22)19-9-3-6-12-23(19)27/h2-16H,1H3. The topological polar surface area (TPSA) is 14.2 Å². The van der Waals surface area contributed by atoms with Crippen LogP contribution in [0.2, 0.25) is 6.82 Å². The van der Waals surface area contributed by atoms with E-state index in [2.05, 4.69) is 96.3 Å². The zero-order chi connectivity index (χ0) is 18.7. The maximum absolute atomic E-state index is 6.19. The lowest BCUT2D eigenvalue weighted by atomic mass is 9.41. The third-order valence-electron chi connectivity index (χ3n) is 5.90. The van der Waals surface area contributed by atoms with Crippen molar-refractivity contribution in [2.24, 2.45) is 0 Å². The minimum Gasteiger partial charge on any atom is -0.458 e. The van der Waals surface area contributed by atoms with Crippen molar-refractivity contribution in [1.29, 1.82) is 0 Å². The zero-order valence-electron chi connectivity index (χ0n) is 15.6. The Labute approximate surface area is 164 Å². The van der Waals surface area contributed by atoms with Gasteiger partial charge in [0.15, 0.2) is 0 Å². The Bertz CT molecular complexity index is 1310. The Morgan fingerprint density at radius 3 is 2.00 bits per heavy atom. The summed E-state index contributed by atoms with van der Waals surface area (Å²) in [6.45, 7) is 2.56. The Balaban J connectivity index is 1.61. The fraction of sp³-hybridized carbons (Fsp3) is 0.0400. The van der Waals surface area contributed by atoms with Crippen molar-refractivity contribution in [2.45, 2.75) is 6.82 Å². The molecule has 28 heavy (non-hydrogen) atoms. The summed E-state index contributed by atoms with van der Waals surface area (Å²) in [5.74, 6) is 1.92. The van der Waals surface area contributed by atoms with Gasteiger partial charge in [0.1, 0.15) is 11.5 Å². The van der Waals surface area contributed by atoms with Crippen LogP contribution in [-0.2, 0) is 0 Å². The molecule has 0 spiro atoms. The van der Waals surface area contributed by atoms with Gasteiger partial charge in [0.2, 0.25) is 6.71 Å². The number of hydrogen-bond donors (Lipinski definition) is 0. The van der Waals surface area contributed by atoms with Crippen molar-refractivity contribution < 1.29 is 4.74 Å². The second-order valence-electron chi connectivity index (χ2n) is 7.45. The van der Waals surface area contributed by atoms with E-state index in [4.69, 9.17) is 4.74 Å². The van der Waals surface area contributed by atoms with Crippen LogP contribution in [0.1, 0.15) is 0 Å². The molecule has 4 aromatic carbocycles. The molecule has 6 rings (SSSR count). The monoisotopic (exact) mass is 359 g/mol. The molecule has 1 aromatic heterocycles. The lowest BCUT2D eigenvalue weighted by Gasteiger charge is -2.25. The highest BCUT2D eigenvalue weighted by Gasteiger charge is 2.27. The largest absolute Gasteiger partial charge is 0.458 e. The van der Waals surface area contributed by atoms with E-state index in [1.165, 1.54) is 38.4 Å². The van der Waals surface area contributed by atoms with Gasteiger partial charge in [-0.3, -0.25) is 0 Å². The number of ether oxygens (including phenoxy) is 1. The van der Waals surface area contributed by atoms with E-state index in [1.807, 2.05) is 6.07 Å². The fourth-order valence-electron chi connectivity index (χ4n) is 4.52. The third kappa shape index (κ3) is 2.10. The maximum atomic E-state index is 6.19. The number of fused-ring (bicyclic) bond motifs is 5. The van der Waals surface area contributed by atoms with Gasteiger partial charge in [-0.15, -0.1) is 0 Å². The Kier molecular flexibility index (Phi) is 3.21. The zero-order valence-corrected chi connectivity index (χ0v) is 15.6. The van der Waals surface area contributed by atoms with Gasteiger partial charge in [0.25, 0.3) is 0 Å². The number of para-hydroxylation sites is 3. The maximum Gasteiger partial charge on any atom is 0.216 e. The smallest absolute Gasteiger partial charge is 0.216 e. The molecule has 0 saturated carbocycles. The molecule has 0 aliphatic carbocycles. The molecule has 0 radical (unpaired) electrons. The molecule has 2 heterocycles. The van der Waals surface area contributed by atoms with Gasteiger partial charge in [0.05, 0.1) is 11.0 Å². The van der Waals surface area contributed by atoms with Crippen LogP contribution >= 0.6 is 0 Å². The van der Waals surface area contributed by atoms with Crippen molar-refractivity contribution in [1.82, 2.24) is 4.57 Å². The Morgan fingerprint density at radius 1 is 0.643 bits per heavy atom. The highest BCUT2D eigenvalue weighted by atomic mass is 16.5. The summed E-state index contributed by atoms with van der Waals surface area (Å²) in [4.78, 5) is 0. The molecule has 2 nitrogen and oxygen atoms in total. The molecule has 0 unspecified atom stereocenters. The second-order valence-corrected chi connectivity index (χ2v) is 7.45. The van der Waals surface area contributed by atoms with Crippen molar-refractivity contribution in [3.05, 3.63) is 91.0 Å². The van der Waals surface area contributed by atoms with E-state index in [-0.39, 0.29) is 0 Å². The predicted molar refractivity (Wildman–Crippen MR) is 118 cm³/mol. The summed E-state index contributed by atoms with van der Waals surface area (Å²) in [7, 11) is 0. The van der Waals surface area contributed by atoms with Crippen LogP contribution in [-0.4, -0.2) is 11.3 Å². The third-order valence-corrected chi connectivity index (χ3v) is 5.90. The molecular weight excluding hydrogens is 341 g/mol. The average Bonchev–Trinajstić information content (AvgIpc) is 3.08. The molecule has 1 aliphatic heterocycles. The van der Waals surface area contributed by atoms with E-state index >= 15 is 0 Å². The Morgan fingerprint density at radius 2 is 1.25 bits per heavy atom. The summed E-state index contributed by atoms with van der Waals surface area (Å²) < 4.78 is 8.55. The van der Waals surface area contributed by atoms with Crippen LogP contribution in [0.5, 0.6) is 11.5 Å². The normalized spacial score (nSPS) is 12.7. The van der Waals surface area contributed by atoms with Gasteiger partial charge in [-0.2, -0.15) is 0 Å². The number of aromatic nitrogens is 1. The first-order chi connectivity index (χ1) is 13.8. The summed E-state index contributed by atoms with van der Waals surface area (Å²) in [6, 6.07) is 32.1. The lowest BCUT2D eigenvalue weighted by molar-refractivity contribution is 0.487. The number of rotatable bonds is 1. The summed E-state index contributed by atoms with van der Waals surface area (Å²) >= 11 is 0. The number of nitrogens with zero attached hydrogens (tertiary/aromatic N) is 1. The molecule has 3 heteroatoms. The highest BCUT2D eigenvalue weighted by molar-refractivity contribution is 6.85. The van der Waals surface area contributed by atoms with Crippen LogP contribution in [0, 0.1) is 0 Å². The molecule has 5 aromatic rings. The minimum atomic E-state index is 0.299. The second kappa shape index (κ2) is 5.77. The predicted octanol–water partition coefficient (Wildman–Crippen LogP) is 5.13. The van der Waals surface area contributed by atoms with Crippen molar-refractivity contribution in [2.75, 3.05) is 0 Å². The number of hydrogen-bond acceptors (Lipinski definition) is 1. The van der Waals surface area contributed by atoms with Crippen molar-refractivity contribution in [3.8, 4) is 17.2 Å². The average molecular weight is 359 g/mol. The summed E-state index contributed by atoms with van der Waals surface area (Å²) in [6.07, 6.45) is 0. The molecule has 0 bridgehead atoms. The van der Waals surface area contributed by atoms with Crippen LogP contribution in [0.15, 0.2) is 91.0 Å². The summed E-state index contributed by atoms with van der Waals surface area (Å²) in [5, 5.41) is 2.57. The van der Waals surface area contributed by atoms with E-state index in [0.717, 1.165) is 11.5 Å². The van der Waals surface area contributed by atoms with Crippen molar-refractivity contribution >= 4 is 39.4 Å². The molecule has 0 N–H and O–H groups in total. The van der Waals surface area contributed by atoms with Gasteiger partial charge in [-0.25, -0.2) is 0 Å². The van der Waals surface area contributed by atoms with Crippen LogP contribution in [0.4, 0.5) is 0 Å². The molecule has 0 saturated heterocycles. The van der Waals surface area contributed by atoms with E-state index in [9.17, 15) is 0 Å². The van der Waals surface area contributed by atoms with Crippen LogP contribution in [0.3, 0.4) is 0 Å². The van der Waals surface area contributed by atoms with Gasteiger partial charge in [-0.1, -0.05) is 61.4 Å². The van der Waals surface area contributed by atoms with E-state index in [0.29, 0.717) is 6.71 Å². The van der Waals surface area contributed by atoms with Gasteiger partial charge >= 0.3 is 0 Å². The number of benzene rings is 4. The first-order valence-corrected chi connectivity index (χ1v) is 9.70. The van der Waals surface area contributed by atoms with E-state index < -0.39 is 0 Å². The van der Waals surface area contributed by atoms with Gasteiger partial charge in [-0.05, 0) is 47.3 Å². The lowest BCUT2D eigenvalue weighted by Crippen LogP contribution is -2.43. The molecule has 0 amide bonds. The van der Waals surface area contributed by atoms with Gasteiger partial charge < -0.3 is 9.30 Å². The molecule has 0 fully saturated rings. The first kappa shape index (κ1) is 15.6. The highest BCUT2D eigenvalue weighted by Crippen LogP contribution is 2.33. The molecule has 132 valence electrons. The fourth-order valence-corrected chi connectivity index (χ4v) is 4.52. The molecular formula is C25H18BNO. The SMILES string of the molecule is CB1c2ccccc2Oc2ccc(-n3c4ccccc4c4ccccc43)cc21. The Hall–Kier alpha value is -3.46. The van der Waals surface area contributed by atoms with Gasteiger partial charge in [0, 0.05) is 16.5 Å². The molecule has 1 aliphatic rings. The van der Waals surface area contributed by atoms with Crippen LogP contribution < -0.4 is 15.7 Å². The first-order valence-electron chi connectivity index (χ1n) is 9.70. The van der Waals surface area contributed by atoms with Crippen molar-refractivity contribution in [3.63, 3.8) is 0 Å². The summed E-state index contributed by atoms with van der Waals surface area (Å²) in [5.41, 5.74) is 6.11. The quantitative estimate of drug-likeness (QED) is 0.379. The molecule has 0 atom stereocenters. The van der Waals surface area contributed by atoms with Crippen LogP contribution in [0.25, 0.3) is 27.5 Å².